The fraction of sp³-hybridized carbons (Fsp3) is 0.278. The van der Waals surface area contributed by atoms with Crippen molar-refractivity contribution >= 4 is 32.4 Å². The van der Waals surface area contributed by atoms with Crippen molar-refractivity contribution in [3.05, 3.63) is 53.6 Å². The van der Waals surface area contributed by atoms with Crippen LogP contribution in [0.4, 0.5) is 10.8 Å². The average Bonchev–Trinajstić information content (AvgIpc) is 2.81. The molecule has 2 aromatic carbocycles. The predicted octanol–water partition coefficient (Wildman–Crippen LogP) is 3.71. The lowest BCUT2D eigenvalue weighted by atomic mass is 10.2. The van der Waals surface area contributed by atoms with Gasteiger partial charge in [-0.2, -0.15) is 0 Å². The van der Waals surface area contributed by atoms with Crippen LogP contribution in [0.25, 0.3) is 10.2 Å². The van der Waals surface area contributed by atoms with Crippen molar-refractivity contribution in [2.24, 2.45) is 7.05 Å². The van der Waals surface area contributed by atoms with Crippen LogP contribution < -0.4 is 14.8 Å². The van der Waals surface area contributed by atoms with Crippen molar-refractivity contribution < 1.29 is 4.57 Å². The molecule has 0 amide bonds. The summed E-state index contributed by atoms with van der Waals surface area (Å²) in [7, 11) is 6.24. The standard InChI is InChI=1S/C18H21N3S/c1-13-5-10-16-17(11-13)22-18(21(16)4)19-12-14-6-8-15(9-7-14)20(2)3/h5-11H,12H2,1-4H3/p+1. The number of fused-ring (bicyclic) bond motifs is 1. The summed E-state index contributed by atoms with van der Waals surface area (Å²) < 4.78 is 3.56. The highest BCUT2D eigenvalue weighted by Crippen LogP contribution is 2.25. The first-order valence-electron chi connectivity index (χ1n) is 7.44. The van der Waals surface area contributed by atoms with Gasteiger partial charge < -0.3 is 4.90 Å². The molecule has 3 nitrogen and oxygen atoms in total. The molecule has 0 unspecified atom stereocenters. The van der Waals surface area contributed by atoms with Gasteiger partial charge in [0.05, 0.1) is 11.7 Å². The minimum Gasteiger partial charge on any atom is -0.378 e. The van der Waals surface area contributed by atoms with E-state index in [1.807, 2.05) is 11.3 Å². The van der Waals surface area contributed by atoms with Gasteiger partial charge in [-0.15, -0.1) is 0 Å². The molecule has 0 saturated heterocycles. The minimum absolute atomic E-state index is 0.841. The molecule has 0 aliphatic carbocycles. The lowest BCUT2D eigenvalue weighted by molar-refractivity contribution is -0.626. The largest absolute Gasteiger partial charge is 0.378 e. The number of nitrogens with one attached hydrogen (secondary N) is 1. The molecular formula is C18H22N3S+. The molecule has 0 bridgehead atoms. The van der Waals surface area contributed by atoms with Crippen molar-refractivity contribution in [2.75, 3.05) is 24.3 Å². The average molecular weight is 312 g/mol. The van der Waals surface area contributed by atoms with Crippen LogP contribution in [0, 0.1) is 6.92 Å². The number of hydrogen-bond donors (Lipinski definition) is 1. The second-order valence-electron chi connectivity index (χ2n) is 5.85. The number of hydrogen-bond acceptors (Lipinski definition) is 3. The van der Waals surface area contributed by atoms with Crippen molar-refractivity contribution in [1.82, 2.24) is 0 Å². The quantitative estimate of drug-likeness (QED) is 0.741. The number of rotatable bonds is 4. The van der Waals surface area contributed by atoms with Crippen molar-refractivity contribution in [3.63, 3.8) is 0 Å². The molecule has 0 radical (unpaired) electrons. The summed E-state index contributed by atoms with van der Waals surface area (Å²) in [6.45, 7) is 2.98. The number of aromatic nitrogens is 1. The lowest BCUT2D eigenvalue weighted by Gasteiger charge is -2.12. The molecule has 22 heavy (non-hydrogen) atoms. The van der Waals surface area contributed by atoms with E-state index in [0.29, 0.717) is 0 Å². The van der Waals surface area contributed by atoms with Crippen molar-refractivity contribution in [1.29, 1.82) is 0 Å². The second kappa shape index (κ2) is 5.97. The van der Waals surface area contributed by atoms with E-state index in [9.17, 15) is 0 Å². The smallest absolute Gasteiger partial charge is 0.334 e. The third kappa shape index (κ3) is 2.92. The first-order chi connectivity index (χ1) is 10.5. The summed E-state index contributed by atoms with van der Waals surface area (Å²) in [6, 6.07) is 15.3. The first kappa shape index (κ1) is 14.9. The van der Waals surface area contributed by atoms with Crippen molar-refractivity contribution in [3.8, 4) is 0 Å². The number of anilines is 2. The molecule has 1 N–H and O–H groups in total. The molecule has 0 atom stereocenters. The van der Waals surface area contributed by atoms with E-state index < -0.39 is 0 Å². The molecule has 1 heterocycles. The number of benzene rings is 2. The second-order valence-corrected chi connectivity index (χ2v) is 6.88. The molecule has 0 aliphatic rings. The monoisotopic (exact) mass is 312 g/mol. The van der Waals surface area contributed by atoms with Gasteiger partial charge in [0.15, 0.2) is 0 Å². The Morgan fingerprint density at radius 2 is 1.82 bits per heavy atom. The summed E-state index contributed by atoms with van der Waals surface area (Å²) in [6.07, 6.45) is 0. The molecule has 0 aliphatic heterocycles. The van der Waals surface area contributed by atoms with E-state index in [1.54, 1.807) is 0 Å². The Morgan fingerprint density at radius 1 is 1.09 bits per heavy atom. The fourth-order valence-electron chi connectivity index (χ4n) is 2.51. The normalized spacial score (nSPS) is 10.9. The molecule has 0 saturated carbocycles. The summed E-state index contributed by atoms with van der Waals surface area (Å²) in [5, 5.41) is 4.75. The van der Waals surface area contributed by atoms with E-state index in [-0.39, 0.29) is 0 Å². The van der Waals surface area contributed by atoms with Crippen LogP contribution in [0.2, 0.25) is 0 Å². The zero-order chi connectivity index (χ0) is 15.7. The number of aryl methyl sites for hydroxylation is 2. The van der Waals surface area contributed by atoms with Gasteiger partial charge >= 0.3 is 5.13 Å². The molecule has 0 fully saturated rings. The molecular weight excluding hydrogens is 290 g/mol. The van der Waals surface area contributed by atoms with E-state index in [2.05, 4.69) is 85.3 Å². The van der Waals surface area contributed by atoms with Gasteiger partial charge in [0.25, 0.3) is 0 Å². The zero-order valence-corrected chi connectivity index (χ0v) is 14.4. The van der Waals surface area contributed by atoms with E-state index in [4.69, 9.17) is 0 Å². The summed E-state index contributed by atoms with van der Waals surface area (Å²) in [4.78, 5) is 2.12. The predicted molar refractivity (Wildman–Crippen MR) is 95.8 cm³/mol. The molecule has 114 valence electrons. The Hall–Kier alpha value is -2.07. The Morgan fingerprint density at radius 3 is 2.50 bits per heavy atom. The van der Waals surface area contributed by atoms with Gasteiger partial charge in [-0.05, 0) is 53.7 Å². The molecule has 3 aromatic rings. The van der Waals surface area contributed by atoms with Crippen LogP contribution >= 0.6 is 11.3 Å². The Bertz CT molecular complexity index is 788. The summed E-state index contributed by atoms with van der Waals surface area (Å²) in [5.41, 5.74) is 5.10. The zero-order valence-electron chi connectivity index (χ0n) is 13.6. The van der Waals surface area contributed by atoms with E-state index in [1.165, 1.54) is 32.2 Å². The summed E-state index contributed by atoms with van der Waals surface area (Å²) >= 11 is 1.81. The van der Waals surface area contributed by atoms with Crippen molar-refractivity contribution in [2.45, 2.75) is 13.5 Å². The Balaban J connectivity index is 1.77. The molecule has 1 aromatic heterocycles. The number of nitrogens with zero attached hydrogens (tertiary/aromatic N) is 2. The Kier molecular flexibility index (Phi) is 4.03. The number of thiazole rings is 1. The van der Waals surface area contributed by atoms with Gasteiger partial charge in [0.2, 0.25) is 0 Å². The maximum atomic E-state index is 3.55. The fourth-order valence-corrected chi connectivity index (χ4v) is 3.65. The van der Waals surface area contributed by atoms with Gasteiger partial charge in [-0.25, -0.2) is 4.57 Å². The topological polar surface area (TPSA) is 19.1 Å². The minimum atomic E-state index is 0.841. The highest BCUT2D eigenvalue weighted by Gasteiger charge is 2.14. The van der Waals surface area contributed by atoms with Gasteiger partial charge in [0, 0.05) is 19.8 Å². The van der Waals surface area contributed by atoms with E-state index >= 15 is 0 Å². The maximum Gasteiger partial charge on any atom is 0.334 e. The SMILES string of the molecule is Cc1ccc2c(c1)sc(NCc1ccc(N(C)C)cc1)[n+]2C. The van der Waals surface area contributed by atoms with Crippen LogP contribution in [-0.4, -0.2) is 14.1 Å². The van der Waals surface area contributed by atoms with Crippen LogP contribution in [0.1, 0.15) is 11.1 Å². The molecule has 4 heteroatoms. The molecule has 3 rings (SSSR count). The van der Waals surface area contributed by atoms with Gasteiger partial charge in [-0.1, -0.05) is 18.2 Å². The van der Waals surface area contributed by atoms with Crippen LogP contribution in [0.15, 0.2) is 42.5 Å². The molecule has 0 spiro atoms. The highest BCUT2D eigenvalue weighted by atomic mass is 32.1. The van der Waals surface area contributed by atoms with Gasteiger partial charge in [0.1, 0.15) is 12.1 Å². The lowest BCUT2D eigenvalue weighted by Crippen LogP contribution is -2.29. The Labute approximate surface area is 135 Å². The van der Waals surface area contributed by atoms with Crippen LogP contribution in [0.5, 0.6) is 0 Å². The third-order valence-corrected chi connectivity index (χ3v) is 5.04. The highest BCUT2D eigenvalue weighted by molar-refractivity contribution is 7.21. The first-order valence-corrected chi connectivity index (χ1v) is 8.25. The van der Waals surface area contributed by atoms with Gasteiger partial charge in [-0.3, -0.25) is 5.32 Å². The van der Waals surface area contributed by atoms with Crippen LogP contribution in [-0.2, 0) is 13.6 Å². The van der Waals surface area contributed by atoms with E-state index in [0.717, 1.165) is 6.54 Å². The third-order valence-electron chi connectivity index (χ3n) is 3.88. The van der Waals surface area contributed by atoms with Crippen LogP contribution in [0.3, 0.4) is 0 Å². The maximum absolute atomic E-state index is 3.55. The summed E-state index contributed by atoms with van der Waals surface area (Å²) in [5.74, 6) is 0.